The average Bonchev–Trinajstić information content (AvgIpc) is 2.27. The number of thioether (sulfide) groups is 1. The third kappa shape index (κ3) is 2.98. The van der Waals surface area contributed by atoms with Gasteiger partial charge in [0.15, 0.2) is 0 Å². The molecule has 1 aromatic rings. The molecule has 2 rings (SSSR count). The number of rotatable bonds is 2. The van der Waals surface area contributed by atoms with E-state index >= 15 is 0 Å². The minimum atomic E-state index is -0.210. The first kappa shape index (κ1) is 13.7. The van der Waals surface area contributed by atoms with Gasteiger partial charge in [-0.05, 0) is 30.7 Å². The van der Waals surface area contributed by atoms with Crippen LogP contribution in [0.3, 0.4) is 0 Å². The fourth-order valence-corrected chi connectivity index (χ4v) is 3.88. The highest BCUT2D eigenvalue weighted by Gasteiger charge is 2.24. The van der Waals surface area contributed by atoms with Crippen molar-refractivity contribution in [2.45, 2.75) is 37.3 Å². The van der Waals surface area contributed by atoms with E-state index in [-0.39, 0.29) is 11.9 Å². The number of nitrogens with two attached hydrogens (primary N) is 1. The summed E-state index contributed by atoms with van der Waals surface area (Å²) < 4.78 is 13.3. The number of hydrogen-bond acceptors (Lipinski definition) is 3. The quantitative estimate of drug-likeness (QED) is 0.893. The molecule has 1 fully saturated rings. The lowest BCUT2D eigenvalue weighted by molar-refractivity contribution is 0.620. The summed E-state index contributed by atoms with van der Waals surface area (Å²) in [6.07, 6.45) is 0. The van der Waals surface area contributed by atoms with Gasteiger partial charge in [-0.1, -0.05) is 13.8 Å². The Hall–Kier alpha value is -0.740. The summed E-state index contributed by atoms with van der Waals surface area (Å²) in [5, 5.41) is 1.19. The van der Waals surface area contributed by atoms with Crippen LogP contribution in [0.4, 0.5) is 10.1 Å². The Kier molecular flexibility index (Phi) is 4.17. The van der Waals surface area contributed by atoms with Crippen molar-refractivity contribution in [3.8, 4) is 0 Å². The maximum atomic E-state index is 13.3. The van der Waals surface area contributed by atoms with Gasteiger partial charge in [-0.15, -0.1) is 0 Å². The predicted octanol–water partition coefficient (Wildman–Crippen LogP) is 3.18. The number of benzene rings is 1. The second kappa shape index (κ2) is 5.49. The van der Waals surface area contributed by atoms with Crippen LogP contribution in [0.1, 0.15) is 32.4 Å². The Morgan fingerprint density at radius 1 is 1.33 bits per heavy atom. The Labute approximate surface area is 113 Å². The molecule has 0 spiro atoms. The molecule has 1 aliphatic rings. The highest BCUT2D eigenvalue weighted by Crippen LogP contribution is 2.32. The smallest absolute Gasteiger partial charge is 0.123 e. The topological polar surface area (TPSA) is 29.3 Å². The van der Waals surface area contributed by atoms with Crippen molar-refractivity contribution in [2.75, 3.05) is 18.0 Å². The van der Waals surface area contributed by atoms with E-state index in [2.05, 4.69) is 18.7 Å². The number of hydrogen-bond donors (Lipinski definition) is 1. The summed E-state index contributed by atoms with van der Waals surface area (Å²) in [5.41, 5.74) is 7.95. The van der Waals surface area contributed by atoms with Gasteiger partial charge in [0.2, 0.25) is 0 Å². The Bertz CT molecular complexity index is 412. The van der Waals surface area contributed by atoms with Gasteiger partial charge in [0.05, 0.1) is 0 Å². The lowest BCUT2D eigenvalue weighted by atomic mass is 10.0. The average molecular weight is 268 g/mol. The van der Waals surface area contributed by atoms with Gasteiger partial charge in [0, 0.05) is 35.3 Å². The lowest BCUT2D eigenvalue weighted by Gasteiger charge is -2.37. The zero-order valence-electron chi connectivity index (χ0n) is 11.2. The van der Waals surface area contributed by atoms with Crippen molar-refractivity contribution in [3.05, 3.63) is 29.6 Å². The summed E-state index contributed by atoms with van der Waals surface area (Å²) >= 11 is 2.01. The number of halogens is 1. The van der Waals surface area contributed by atoms with E-state index in [1.165, 1.54) is 6.07 Å². The van der Waals surface area contributed by atoms with Crippen LogP contribution in [0, 0.1) is 5.82 Å². The van der Waals surface area contributed by atoms with E-state index in [1.54, 1.807) is 6.07 Å². The van der Waals surface area contributed by atoms with E-state index in [1.807, 2.05) is 24.8 Å². The SMILES string of the molecule is CC1CN(c2ccc(F)cc2C(C)N)CC(C)S1. The zero-order chi connectivity index (χ0) is 13.3. The minimum absolute atomic E-state index is 0.143. The molecule has 0 radical (unpaired) electrons. The van der Waals surface area contributed by atoms with Crippen LogP contribution in [-0.4, -0.2) is 23.6 Å². The molecular weight excluding hydrogens is 247 g/mol. The Morgan fingerprint density at radius 2 is 1.94 bits per heavy atom. The number of anilines is 1. The summed E-state index contributed by atoms with van der Waals surface area (Å²) in [6.45, 7) is 8.38. The first-order chi connectivity index (χ1) is 8.47. The third-order valence-electron chi connectivity index (χ3n) is 3.24. The molecule has 3 atom stereocenters. The molecule has 1 heterocycles. The van der Waals surface area contributed by atoms with Crippen molar-refractivity contribution >= 4 is 17.4 Å². The molecule has 2 N–H and O–H groups in total. The van der Waals surface area contributed by atoms with E-state index in [0.29, 0.717) is 10.5 Å². The zero-order valence-corrected chi connectivity index (χ0v) is 12.0. The molecule has 100 valence electrons. The summed E-state index contributed by atoms with van der Waals surface area (Å²) in [4.78, 5) is 2.34. The first-order valence-corrected chi connectivity index (χ1v) is 7.37. The van der Waals surface area contributed by atoms with Gasteiger partial charge in [0.1, 0.15) is 5.82 Å². The third-order valence-corrected chi connectivity index (χ3v) is 4.47. The minimum Gasteiger partial charge on any atom is -0.369 e. The molecular formula is C14H21FN2S. The fourth-order valence-electron chi connectivity index (χ4n) is 2.55. The van der Waals surface area contributed by atoms with Crippen LogP contribution >= 0.6 is 11.8 Å². The fraction of sp³-hybridized carbons (Fsp3) is 0.571. The Balaban J connectivity index is 2.32. The van der Waals surface area contributed by atoms with Crippen molar-refractivity contribution in [1.82, 2.24) is 0 Å². The van der Waals surface area contributed by atoms with Crippen LogP contribution in [0.25, 0.3) is 0 Å². The molecule has 18 heavy (non-hydrogen) atoms. The normalized spacial score (nSPS) is 26.2. The van der Waals surface area contributed by atoms with Crippen LogP contribution in [-0.2, 0) is 0 Å². The maximum Gasteiger partial charge on any atom is 0.123 e. The van der Waals surface area contributed by atoms with Crippen molar-refractivity contribution < 1.29 is 4.39 Å². The van der Waals surface area contributed by atoms with Crippen molar-refractivity contribution in [1.29, 1.82) is 0 Å². The second-order valence-corrected chi connectivity index (χ2v) is 7.04. The molecule has 0 aliphatic carbocycles. The molecule has 0 amide bonds. The largest absolute Gasteiger partial charge is 0.369 e. The first-order valence-electron chi connectivity index (χ1n) is 6.43. The summed E-state index contributed by atoms with van der Waals surface area (Å²) in [5.74, 6) is -0.210. The van der Waals surface area contributed by atoms with Gasteiger partial charge < -0.3 is 10.6 Å². The molecule has 1 saturated heterocycles. The highest BCUT2D eigenvalue weighted by molar-refractivity contribution is 8.00. The predicted molar refractivity (Wildman–Crippen MR) is 77.7 cm³/mol. The molecule has 0 saturated carbocycles. The van der Waals surface area contributed by atoms with E-state index in [0.717, 1.165) is 24.3 Å². The molecule has 1 aromatic carbocycles. The van der Waals surface area contributed by atoms with E-state index in [4.69, 9.17) is 5.73 Å². The lowest BCUT2D eigenvalue weighted by Crippen LogP contribution is -2.41. The van der Waals surface area contributed by atoms with Crippen LogP contribution in [0.15, 0.2) is 18.2 Å². The summed E-state index contributed by atoms with van der Waals surface area (Å²) in [6, 6.07) is 4.81. The van der Waals surface area contributed by atoms with Gasteiger partial charge in [-0.2, -0.15) is 11.8 Å². The van der Waals surface area contributed by atoms with Gasteiger partial charge in [-0.3, -0.25) is 0 Å². The second-order valence-electron chi connectivity index (χ2n) is 5.15. The van der Waals surface area contributed by atoms with Crippen LogP contribution in [0.5, 0.6) is 0 Å². The highest BCUT2D eigenvalue weighted by atomic mass is 32.2. The molecule has 3 unspecified atom stereocenters. The van der Waals surface area contributed by atoms with Gasteiger partial charge in [0.25, 0.3) is 0 Å². The van der Waals surface area contributed by atoms with Crippen LogP contribution < -0.4 is 10.6 Å². The standard InChI is InChI=1S/C14H21FN2S/c1-9-7-17(8-10(2)18-9)14-5-4-12(15)6-13(14)11(3)16/h4-6,9-11H,7-8,16H2,1-3H3. The van der Waals surface area contributed by atoms with E-state index < -0.39 is 0 Å². The van der Waals surface area contributed by atoms with Gasteiger partial charge in [-0.25, -0.2) is 4.39 Å². The van der Waals surface area contributed by atoms with Gasteiger partial charge >= 0.3 is 0 Å². The molecule has 4 heteroatoms. The van der Waals surface area contributed by atoms with Crippen molar-refractivity contribution in [3.63, 3.8) is 0 Å². The van der Waals surface area contributed by atoms with Crippen LogP contribution in [0.2, 0.25) is 0 Å². The molecule has 0 bridgehead atoms. The molecule has 2 nitrogen and oxygen atoms in total. The maximum absolute atomic E-state index is 13.3. The van der Waals surface area contributed by atoms with E-state index in [9.17, 15) is 4.39 Å². The van der Waals surface area contributed by atoms with Crippen molar-refractivity contribution in [2.24, 2.45) is 5.73 Å². The molecule has 1 aliphatic heterocycles. The summed E-state index contributed by atoms with van der Waals surface area (Å²) in [7, 11) is 0. The monoisotopic (exact) mass is 268 g/mol. The molecule has 0 aromatic heterocycles. The Morgan fingerprint density at radius 3 is 2.50 bits per heavy atom. The number of nitrogens with zero attached hydrogens (tertiary/aromatic N) is 1.